The number of alkyl halides is 3. The number of nitrogens with zero attached hydrogens (tertiary/aromatic N) is 8. The number of halogens is 6. The normalized spacial score (nSPS) is 12.9. The summed E-state index contributed by atoms with van der Waals surface area (Å²) in [5, 5.41) is 11.6. The van der Waals surface area contributed by atoms with Crippen molar-refractivity contribution in [3.63, 3.8) is 0 Å². The van der Waals surface area contributed by atoms with Crippen LogP contribution in [0.1, 0.15) is 68.2 Å². The van der Waals surface area contributed by atoms with Gasteiger partial charge in [-0.15, -0.1) is 0 Å². The predicted octanol–water partition coefficient (Wildman–Crippen LogP) is 12.7. The molecule has 0 aliphatic carbocycles. The van der Waals surface area contributed by atoms with E-state index < -0.39 is 22.4 Å². The second kappa shape index (κ2) is 25.7. The van der Waals surface area contributed by atoms with Gasteiger partial charge in [0.1, 0.15) is 5.69 Å². The van der Waals surface area contributed by atoms with Crippen molar-refractivity contribution in [2.75, 3.05) is 47.4 Å². The van der Waals surface area contributed by atoms with Crippen LogP contribution in [0.3, 0.4) is 0 Å². The Bertz CT molecular complexity index is 2720. The van der Waals surface area contributed by atoms with Crippen LogP contribution in [0.2, 0.25) is 10.0 Å². The molecule has 0 unspecified atom stereocenters. The molecule has 0 saturated carbocycles. The van der Waals surface area contributed by atoms with E-state index in [4.69, 9.17) is 67.5 Å². The lowest BCUT2D eigenvalue weighted by atomic mass is 10.1. The van der Waals surface area contributed by atoms with Gasteiger partial charge >= 0.3 is 24.2 Å². The molecule has 0 spiro atoms. The number of carbonyl (C=O) groups is 4. The highest BCUT2D eigenvalue weighted by atomic mass is 35.6. The number of urea groups is 2. The van der Waals surface area contributed by atoms with Crippen molar-refractivity contribution in [1.29, 1.82) is 0 Å². The summed E-state index contributed by atoms with van der Waals surface area (Å²) in [6.07, 6.45) is 9.90. The van der Waals surface area contributed by atoms with Gasteiger partial charge in [-0.2, -0.15) is 4.39 Å². The molecule has 6 amide bonds. The van der Waals surface area contributed by atoms with E-state index in [1.165, 1.54) is 18.6 Å². The van der Waals surface area contributed by atoms with Crippen LogP contribution < -0.4 is 21.3 Å². The minimum atomic E-state index is -0.750. The van der Waals surface area contributed by atoms with Crippen molar-refractivity contribution in [3.05, 3.63) is 83.4 Å². The zero-order chi connectivity index (χ0) is 48.4. The van der Waals surface area contributed by atoms with Crippen LogP contribution in [0.4, 0.5) is 46.3 Å². The van der Waals surface area contributed by atoms with Crippen molar-refractivity contribution in [3.8, 4) is 22.5 Å². The van der Waals surface area contributed by atoms with E-state index in [0.717, 1.165) is 43.2 Å². The van der Waals surface area contributed by atoms with Gasteiger partial charge in [0.05, 0.1) is 51.7 Å². The molecular formula is C45H54Cl5FN12O6. The van der Waals surface area contributed by atoms with Gasteiger partial charge in [-0.3, -0.25) is 19.4 Å². The standard InChI is InChI=1S/C21H22ClFN6O3.C21H23ClN6O3.CHCl3.2CH4/c1-12(2)32-21(31)26-14-10-24-19-27-17(18(23)29(19)11-14)15-9-13(5-6-16(15)22)25-20(30)28-7-3-4-8-28;1-13(2)31-21(30)25-15-10-23-19-26-18(12-28(19)11-15)16-9-14(5-6-17(16)22)24-20(29)27-7-3-4-8-27;2-1(3)4;;/h5-6,9-12H,3-4,7-8H2,1-2H3,(H,25,30)(H,26,31);5-6,9-13H,3-4,7-8H2,1-2H3,(H,24,29)(H,25,30);1H;2*1H4. The quantitative estimate of drug-likeness (QED) is 0.106. The molecule has 6 heterocycles. The number of ether oxygens (including phenoxy) is 2. The summed E-state index contributed by atoms with van der Waals surface area (Å²) in [4.78, 5) is 69.0. The van der Waals surface area contributed by atoms with Gasteiger partial charge in [-0.05, 0) is 89.8 Å². The SMILES string of the molecule is C.C.CC(C)OC(=O)Nc1cnc2nc(-c3cc(NC(=O)N4CCCC4)ccc3Cl)c(F)n2c1.CC(C)OC(=O)Nc1cnc2nc(-c3cc(NC(=O)N4CCCC4)ccc3Cl)cn2c1.ClC(Cl)Cl. The molecular weight excluding hydrogens is 1000 g/mol. The Balaban J connectivity index is 0.000000272. The average Bonchev–Trinajstić information content (AvgIpc) is 4.10. The van der Waals surface area contributed by atoms with Crippen LogP contribution in [0.15, 0.2) is 67.4 Å². The van der Waals surface area contributed by atoms with Crippen LogP contribution in [0.25, 0.3) is 34.1 Å². The van der Waals surface area contributed by atoms with Crippen LogP contribution in [-0.2, 0) is 9.47 Å². The van der Waals surface area contributed by atoms with E-state index in [-0.39, 0.29) is 61.3 Å². The maximum Gasteiger partial charge on any atom is 0.411 e. The summed E-state index contributed by atoms with van der Waals surface area (Å²) < 4.78 is 27.4. The fourth-order valence-corrected chi connectivity index (χ4v) is 7.20. The molecule has 2 aromatic carbocycles. The van der Waals surface area contributed by atoms with Crippen molar-refractivity contribution in [2.24, 2.45) is 0 Å². The first kappa shape index (κ1) is 55.7. The first-order chi connectivity index (χ1) is 31.9. The molecule has 4 aromatic heterocycles. The first-order valence-electron chi connectivity index (χ1n) is 20.9. The number of anilines is 4. The fraction of sp³-hybridized carbons (Fsp3) is 0.378. The van der Waals surface area contributed by atoms with Gasteiger partial charge in [-0.1, -0.05) is 72.9 Å². The maximum absolute atomic E-state index is 15.2. The summed E-state index contributed by atoms with van der Waals surface area (Å²) in [6, 6.07) is 9.73. The molecule has 8 rings (SSSR count). The number of hydrogen-bond acceptors (Lipinski definition) is 10. The van der Waals surface area contributed by atoms with E-state index in [1.54, 1.807) is 90.7 Å². The third-order valence-electron chi connectivity index (χ3n) is 9.66. The summed E-state index contributed by atoms with van der Waals surface area (Å²) in [6.45, 7) is 9.93. The third kappa shape index (κ3) is 15.6. The number of imidazole rings is 2. The average molecular weight is 1060 g/mol. The molecule has 18 nitrogen and oxygen atoms in total. The van der Waals surface area contributed by atoms with Crippen molar-refractivity contribution in [1.82, 2.24) is 38.5 Å². The molecule has 0 radical (unpaired) electrons. The van der Waals surface area contributed by atoms with Crippen LogP contribution in [0.5, 0.6) is 0 Å². The number of hydrogen-bond donors (Lipinski definition) is 4. The molecule has 372 valence electrons. The zero-order valence-corrected chi connectivity index (χ0v) is 40.3. The smallest absolute Gasteiger partial charge is 0.411 e. The Morgan fingerprint density at radius 2 is 1.07 bits per heavy atom. The summed E-state index contributed by atoms with van der Waals surface area (Å²) in [5.74, 6) is -0.179. The second-order valence-corrected chi connectivity index (χ2v) is 18.3. The van der Waals surface area contributed by atoms with Crippen LogP contribution in [-0.4, -0.2) is 105 Å². The highest BCUT2D eigenvalue weighted by Crippen LogP contribution is 2.33. The Morgan fingerprint density at radius 3 is 1.57 bits per heavy atom. The molecule has 6 aromatic rings. The number of benzene rings is 2. The molecule has 2 aliphatic heterocycles. The van der Waals surface area contributed by atoms with Crippen LogP contribution >= 0.6 is 58.0 Å². The van der Waals surface area contributed by atoms with Crippen molar-refractivity contribution < 1.29 is 33.0 Å². The number of fused-ring (bicyclic) bond motifs is 2. The van der Waals surface area contributed by atoms with Crippen LogP contribution in [0, 0.1) is 5.95 Å². The Hall–Kier alpha value is -5.86. The number of rotatable bonds is 8. The zero-order valence-electron chi connectivity index (χ0n) is 36.5. The first-order valence-corrected chi connectivity index (χ1v) is 23.0. The molecule has 0 atom stereocenters. The van der Waals surface area contributed by atoms with Gasteiger partial charge in [0.25, 0.3) is 0 Å². The summed E-state index contributed by atoms with van der Waals surface area (Å²) in [7, 11) is 0. The number of nitrogens with one attached hydrogen (secondary N) is 4. The number of amides is 6. The number of carbonyl (C=O) groups excluding carboxylic acids is 4. The molecule has 69 heavy (non-hydrogen) atoms. The van der Waals surface area contributed by atoms with E-state index in [9.17, 15) is 19.2 Å². The van der Waals surface area contributed by atoms with E-state index in [2.05, 4.69) is 41.2 Å². The Morgan fingerprint density at radius 1 is 0.623 bits per heavy atom. The lowest BCUT2D eigenvalue weighted by Gasteiger charge is -2.16. The van der Waals surface area contributed by atoms with Gasteiger partial charge < -0.3 is 29.9 Å². The van der Waals surface area contributed by atoms with E-state index in [0.29, 0.717) is 57.8 Å². The topological polar surface area (TPSA) is 202 Å². The molecule has 2 saturated heterocycles. The van der Waals surface area contributed by atoms with Gasteiger partial charge in [-0.25, -0.2) is 39.1 Å². The van der Waals surface area contributed by atoms with E-state index in [1.807, 2.05) is 0 Å². The maximum atomic E-state index is 15.2. The Labute approximate surface area is 424 Å². The third-order valence-corrected chi connectivity index (χ3v) is 10.3. The van der Waals surface area contributed by atoms with Crippen molar-refractivity contribution >= 4 is 117 Å². The number of aromatic nitrogens is 6. The molecule has 0 bridgehead atoms. The Kier molecular flexibility index (Phi) is 20.7. The highest BCUT2D eigenvalue weighted by Gasteiger charge is 2.22. The summed E-state index contributed by atoms with van der Waals surface area (Å²) >= 11 is 27.1. The monoisotopic (exact) mass is 1050 g/mol. The molecule has 2 fully saturated rings. The molecule has 4 N–H and O–H groups in total. The number of likely N-dealkylation sites (tertiary alicyclic amines) is 2. The van der Waals surface area contributed by atoms with Crippen molar-refractivity contribution in [2.45, 2.75) is 84.7 Å². The predicted molar refractivity (Wildman–Crippen MR) is 272 cm³/mol. The minimum Gasteiger partial charge on any atom is -0.447 e. The fourth-order valence-electron chi connectivity index (χ4n) is 6.77. The summed E-state index contributed by atoms with van der Waals surface area (Å²) in [5.41, 5.74) is 3.37. The molecule has 24 heteroatoms. The highest BCUT2D eigenvalue weighted by molar-refractivity contribution is 6.63. The van der Waals surface area contributed by atoms with E-state index >= 15 is 4.39 Å². The molecule has 2 aliphatic rings. The minimum absolute atomic E-state index is 0. The largest absolute Gasteiger partial charge is 0.447 e. The second-order valence-electron chi connectivity index (χ2n) is 15.5. The van der Waals surface area contributed by atoms with Gasteiger partial charge in [0.2, 0.25) is 17.5 Å². The van der Waals surface area contributed by atoms with Gasteiger partial charge in [0, 0.05) is 67.3 Å². The lowest BCUT2D eigenvalue weighted by Crippen LogP contribution is -2.32. The van der Waals surface area contributed by atoms with Gasteiger partial charge in [0.15, 0.2) is 4.30 Å². The lowest BCUT2D eigenvalue weighted by molar-refractivity contribution is 0.129.